The van der Waals surface area contributed by atoms with Gasteiger partial charge in [-0.15, -0.1) is 0 Å². The van der Waals surface area contributed by atoms with Gasteiger partial charge in [-0.05, 0) is 40.5 Å². The Labute approximate surface area is 193 Å². The van der Waals surface area contributed by atoms with Crippen LogP contribution in [-0.2, 0) is 17.8 Å². The van der Waals surface area contributed by atoms with Crippen molar-refractivity contribution >= 4 is 17.4 Å². The van der Waals surface area contributed by atoms with Gasteiger partial charge in [-0.25, -0.2) is 4.79 Å². The van der Waals surface area contributed by atoms with Crippen molar-refractivity contribution in [3.8, 4) is 11.1 Å². The lowest BCUT2D eigenvalue weighted by molar-refractivity contribution is 0.0475. The molecular formula is C29H23NO3. The molecule has 4 aromatic rings. The predicted octanol–water partition coefficient (Wildman–Crippen LogP) is 5.91. The number of benzene rings is 4. The monoisotopic (exact) mass is 433 g/mol. The summed E-state index contributed by atoms with van der Waals surface area (Å²) in [6.45, 7) is 1.33. The fraction of sp³-hybridized carbons (Fsp3) is 0.103. The quantitative estimate of drug-likeness (QED) is 0.280. The maximum atomic E-state index is 12.6. The number of ether oxygens (including phenoxy) is 1. The van der Waals surface area contributed by atoms with Gasteiger partial charge in [-0.3, -0.25) is 4.79 Å². The standard InChI is InChI=1S/C29H23NO3/c31-28(23-15-13-22(14-16-23)21-7-2-1-3-8-21)20-33-29(32)24-11-6-12-27(17-24)30-18-25-9-4-5-10-26(25)19-30/h1-17H,18-20H2. The molecule has 4 heteroatoms. The second-order valence-electron chi connectivity index (χ2n) is 8.12. The number of rotatable bonds is 6. The number of Topliss-reactive ketones (excluding diaryl/α,β-unsaturated/α-hetero) is 1. The molecule has 4 aromatic carbocycles. The Balaban J connectivity index is 1.21. The van der Waals surface area contributed by atoms with Crippen LogP contribution in [0.4, 0.5) is 5.69 Å². The predicted molar refractivity (Wildman–Crippen MR) is 129 cm³/mol. The van der Waals surface area contributed by atoms with Crippen molar-refractivity contribution in [3.05, 3.63) is 125 Å². The molecule has 0 saturated carbocycles. The van der Waals surface area contributed by atoms with E-state index in [1.165, 1.54) is 11.1 Å². The average Bonchev–Trinajstić information content (AvgIpc) is 3.32. The second-order valence-corrected chi connectivity index (χ2v) is 8.12. The van der Waals surface area contributed by atoms with Gasteiger partial charge in [-0.2, -0.15) is 0 Å². The lowest BCUT2D eigenvalue weighted by Crippen LogP contribution is -2.17. The summed E-state index contributed by atoms with van der Waals surface area (Å²) in [5.41, 5.74) is 6.64. The molecule has 33 heavy (non-hydrogen) atoms. The van der Waals surface area contributed by atoms with Crippen molar-refractivity contribution in [3.63, 3.8) is 0 Å². The van der Waals surface area contributed by atoms with E-state index in [2.05, 4.69) is 17.0 Å². The highest BCUT2D eigenvalue weighted by atomic mass is 16.5. The summed E-state index contributed by atoms with van der Waals surface area (Å²) >= 11 is 0. The minimum Gasteiger partial charge on any atom is -0.454 e. The lowest BCUT2D eigenvalue weighted by Gasteiger charge is -2.18. The van der Waals surface area contributed by atoms with E-state index in [-0.39, 0.29) is 12.4 Å². The molecule has 0 atom stereocenters. The number of nitrogens with zero attached hydrogens (tertiary/aromatic N) is 1. The minimum absolute atomic E-state index is 0.228. The third-order valence-corrected chi connectivity index (χ3v) is 5.94. The van der Waals surface area contributed by atoms with Gasteiger partial charge in [-0.1, -0.05) is 84.9 Å². The summed E-state index contributed by atoms with van der Waals surface area (Å²) < 4.78 is 5.33. The van der Waals surface area contributed by atoms with Crippen LogP contribution in [0.3, 0.4) is 0 Å². The molecule has 0 amide bonds. The van der Waals surface area contributed by atoms with Gasteiger partial charge < -0.3 is 9.64 Å². The molecule has 0 spiro atoms. The maximum Gasteiger partial charge on any atom is 0.338 e. The molecule has 1 aliphatic rings. The topological polar surface area (TPSA) is 46.6 Å². The van der Waals surface area contributed by atoms with E-state index >= 15 is 0 Å². The molecule has 0 saturated heterocycles. The number of anilines is 1. The van der Waals surface area contributed by atoms with Crippen molar-refractivity contribution in [2.45, 2.75) is 13.1 Å². The van der Waals surface area contributed by atoms with Gasteiger partial charge in [0.15, 0.2) is 12.4 Å². The first kappa shape index (κ1) is 20.7. The summed E-state index contributed by atoms with van der Waals surface area (Å²) in [5.74, 6) is -0.725. The smallest absolute Gasteiger partial charge is 0.338 e. The molecule has 5 rings (SSSR count). The van der Waals surface area contributed by atoms with Gasteiger partial charge in [0.2, 0.25) is 0 Å². The van der Waals surface area contributed by atoms with Crippen LogP contribution in [0, 0.1) is 0 Å². The Morgan fingerprint density at radius 1 is 0.667 bits per heavy atom. The van der Waals surface area contributed by atoms with Crippen LogP contribution < -0.4 is 4.90 Å². The van der Waals surface area contributed by atoms with E-state index in [9.17, 15) is 9.59 Å². The highest BCUT2D eigenvalue weighted by Crippen LogP contribution is 2.28. The second kappa shape index (κ2) is 9.13. The maximum absolute atomic E-state index is 12.6. The average molecular weight is 434 g/mol. The largest absolute Gasteiger partial charge is 0.454 e. The Bertz CT molecular complexity index is 1270. The molecule has 0 unspecified atom stereocenters. The summed E-state index contributed by atoms with van der Waals surface area (Å²) in [6, 6.07) is 33.0. The molecule has 162 valence electrons. The van der Waals surface area contributed by atoms with Crippen LogP contribution in [-0.4, -0.2) is 18.4 Å². The molecule has 4 nitrogen and oxygen atoms in total. The first-order chi connectivity index (χ1) is 16.2. The third kappa shape index (κ3) is 4.55. The van der Waals surface area contributed by atoms with Crippen LogP contribution in [0.25, 0.3) is 11.1 Å². The number of carbonyl (C=O) groups excluding carboxylic acids is 2. The fourth-order valence-corrected chi connectivity index (χ4v) is 4.12. The zero-order valence-electron chi connectivity index (χ0n) is 18.1. The van der Waals surface area contributed by atoms with E-state index in [0.717, 1.165) is 29.9 Å². The van der Waals surface area contributed by atoms with Gasteiger partial charge in [0.05, 0.1) is 5.56 Å². The normalized spacial score (nSPS) is 12.3. The zero-order valence-corrected chi connectivity index (χ0v) is 18.1. The van der Waals surface area contributed by atoms with Crippen LogP contribution in [0.1, 0.15) is 31.8 Å². The Morgan fingerprint density at radius 3 is 2.00 bits per heavy atom. The number of carbonyl (C=O) groups is 2. The lowest BCUT2D eigenvalue weighted by atomic mass is 10.0. The van der Waals surface area contributed by atoms with E-state index in [4.69, 9.17) is 4.74 Å². The van der Waals surface area contributed by atoms with Gasteiger partial charge in [0, 0.05) is 24.3 Å². The first-order valence-electron chi connectivity index (χ1n) is 10.9. The number of esters is 1. The molecule has 0 radical (unpaired) electrons. The molecule has 0 aromatic heterocycles. The van der Waals surface area contributed by atoms with Crippen molar-refractivity contribution in [1.82, 2.24) is 0 Å². The van der Waals surface area contributed by atoms with Crippen molar-refractivity contribution in [2.75, 3.05) is 11.5 Å². The molecule has 1 aliphatic heterocycles. The van der Waals surface area contributed by atoms with Crippen LogP contribution >= 0.6 is 0 Å². The van der Waals surface area contributed by atoms with Crippen LogP contribution in [0.5, 0.6) is 0 Å². The van der Waals surface area contributed by atoms with Crippen LogP contribution in [0.2, 0.25) is 0 Å². The van der Waals surface area contributed by atoms with Crippen LogP contribution in [0.15, 0.2) is 103 Å². The Hall–Kier alpha value is -4.18. The summed E-state index contributed by atoms with van der Waals surface area (Å²) in [4.78, 5) is 27.4. The van der Waals surface area contributed by atoms with E-state index in [1.807, 2.05) is 72.8 Å². The van der Waals surface area contributed by atoms with E-state index in [0.29, 0.717) is 11.1 Å². The fourth-order valence-electron chi connectivity index (χ4n) is 4.12. The van der Waals surface area contributed by atoms with Gasteiger partial charge in [0.25, 0.3) is 0 Å². The molecule has 1 heterocycles. The molecule has 0 N–H and O–H groups in total. The summed E-state index contributed by atoms with van der Waals surface area (Å²) in [5, 5.41) is 0. The highest BCUT2D eigenvalue weighted by molar-refractivity contribution is 5.99. The van der Waals surface area contributed by atoms with Crippen molar-refractivity contribution in [2.24, 2.45) is 0 Å². The van der Waals surface area contributed by atoms with Crippen molar-refractivity contribution < 1.29 is 14.3 Å². The minimum atomic E-state index is -0.497. The molecule has 0 aliphatic carbocycles. The van der Waals surface area contributed by atoms with E-state index in [1.54, 1.807) is 18.2 Å². The van der Waals surface area contributed by atoms with Crippen molar-refractivity contribution in [1.29, 1.82) is 0 Å². The molecular weight excluding hydrogens is 410 g/mol. The first-order valence-corrected chi connectivity index (χ1v) is 10.9. The van der Waals surface area contributed by atoms with E-state index < -0.39 is 5.97 Å². The van der Waals surface area contributed by atoms with Gasteiger partial charge in [0.1, 0.15) is 0 Å². The Kier molecular flexibility index (Phi) is 5.73. The number of hydrogen-bond donors (Lipinski definition) is 0. The number of fused-ring (bicyclic) bond motifs is 1. The zero-order chi connectivity index (χ0) is 22.6. The number of hydrogen-bond acceptors (Lipinski definition) is 4. The SMILES string of the molecule is O=C(COC(=O)c1cccc(N2Cc3ccccc3C2)c1)c1ccc(-c2ccccc2)cc1. The summed E-state index contributed by atoms with van der Waals surface area (Å²) in [7, 11) is 0. The third-order valence-electron chi connectivity index (χ3n) is 5.94. The number of ketones is 1. The summed E-state index contributed by atoms with van der Waals surface area (Å²) in [6.07, 6.45) is 0. The molecule has 0 bridgehead atoms. The molecule has 0 fully saturated rings. The highest BCUT2D eigenvalue weighted by Gasteiger charge is 2.20. The van der Waals surface area contributed by atoms with Gasteiger partial charge >= 0.3 is 5.97 Å². The Morgan fingerprint density at radius 2 is 1.30 bits per heavy atom.